The quantitative estimate of drug-likeness (QED) is 0.807. The molecule has 104 valence electrons. The lowest BCUT2D eigenvalue weighted by Crippen LogP contribution is -2.30. The van der Waals surface area contributed by atoms with E-state index >= 15 is 0 Å². The molecule has 0 saturated carbocycles. The van der Waals surface area contributed by atoms with Crippen LogP contribution in [0.15, 0.2) is 35.7 Å². The molecule has 0 saturated heterocycles. The summed E-state index contributed by atoms with van der Waals surface area (Å²) in [5, 5.41) is 3.19. The SMILES string of the molecule is C=CCNS(=O)(=O)c1ccc2c(c1)NCC(CC)O2. The van der Waals surface area contributed by atoms with Crippen LogP contribution in [0.4, 0.5) is 5.69 Å². The summed E-state index contributed by atoms with van der Waals surface area (Å²) < 4.78 is 32.1. The molecule has 1 aliphatic heterocycles. The van der Waals surface area contributed by atoms with E-state index in [1.807, 2.05) is 0 Å². The first-order valence-corrected chi connectivity index (χ1v) is 7.70. The van der Waals surface area contributed by atoms with Crippen molar-refractivity contribution in [2.75, 3.05) is 18.4 Å². The van der Waals surface area contributed by atoms with Gasteiger partial charge in [0.1, 0.15) is 11.9 Å². The molecule has 1 atom stereocenters. The first-order chi connectivity index (χ1) is 9.06. The fourth-order valence-electron chi connectivity index (χ4n) is 1.84. The second kappa shape index (κ2) is 5.63. The van der Waals surface area contributed by atoms with Gasteiger partial charge in [0.25, 0.3) is 0 Å². The molecule has 1 aromatic rings. The van der Waals surface area contributed by atoms with Crippen LogP contribution in [0.5, 0.6) is 5.75 Å². The summed E-state index contributed by atoms with van der Waals surface area (Å²) in [6, 6.07) is 4.82. The normalized spacial score (nSPS) is 18.1. The molecule has 0 amide bonds. The number of fused-ring (bicyclic) bond motifs is 1. The highest BCUT2D eigenvalue weighted by Gasteiger charge is 2.21. The van der Waals surface area contributed by atoms with Crippen molar-refractivity contribution in [3.05, 3.63) is 30.9 Å². The highest BCUT2D eigenvalue weighted by atomic mass is 32.2. The van der Waals surface area contributed by atoms with Gasteiger partial charge in [-0.1, -0.05) is 13.0 Å². The van der Waals surface area contributed by atoms with Crippen molar-refractivity contribution >= 4 is 15.7 Å². The van der Waals surface area contributed by atoms with Crippen molar-refractivity contribution in [2.24, 2.45) is 0 Å². The maximum Gasteiger partial charge on any atom is 0.240 e. The van der Waals surface area contributed by atoms with E-state index in [9.17, 15) is 8.42 Å². The van der Waals surface area contributed by atoms with Crippen LogP contribution in [0, 0.1) is 0 Å². The van der Waals surface area contributed by atoms with Gasteiger partial charge < -0.3 is 10.1 Å². The largest absolute Gasteiger partial charge is 0.486 e. The van der Waals surface area contributed by atoms with E-state index in [1.54, 1.807) is 18.2 Å². The Bertz CT molecular complexity index is 569. The predicted octanol–water partition coefficient (Wildman–Crippen LogP) is 1.73. The summed E-state index contributed by atoms with van der Waals surface area (Å²) in [5.41, 5.74) is 0.714. The first-order valence-electron chi connectivity index (χ1n) is 6.22. The van der Waals surface area contributed by atoms with E-state index in [1.165, 1.54) is 6.08 Å². The van der Waals surface area contributed by atoms with Gasteiger partial charge in [0.15, 0.2) is 0 Å². The van der Waals surface area contributed by atoms with Crippen molar-refractivity contribution in [1.82, 2.24) is 4.72 Å². The molecule has 0 radical (unpaired) electrons. The van der Waals surface area contributed by atoms with Gasteiger partial charge in [-0.15, -0.1) is 6.58 Å². The third-order valence-corrected chi connectivity index (χ3v) is 4.37. The minimum Gasteiger partial charge on any atom is -0.486 e. The molecule has 19 heavy (non-hydrogen) atoms. The predicted molar refractivity (Wildman–Crippen MR) is 75.0 cm³/mol. The van der Waals surface area contributed by atoms with Crippen LogP contribution >= 0.6 is 0 Å². The summed E-state index contributed by atoms with van der Waals surface area (Å²) in [5.74, 6) is 0.695. The Balaban J connectivity index is 2.25. The van der Waals surface area contributed by atoms with Crippen molar-refractivity contribution in [2.45, 2.75) is 24.3 Å². The Hall–Kier alpha value is -1.53. The minimum absolute atomic E-state index is 0.133. The van der Waals surface area contributed by atoms with Crippen LogP contribution < -0.4 is 14.8 Å². The van der Waals surface area contributed by atoms with Crippen LogP contribution in [0.25, 0.3) is 0 Å². The highest BCUT2D eigenvalue weighted by Crippen LogP contribution is 2.31. The van der Waals surface area contributed by atoms with E-state index in [2.05, 4.69) is 23.5 Å². The lowest BCUT2D eigenvalue weighted by atomic mass is 10.2. The number of benzene rings is 1. The standard InChI is InChI=1S/C13H18N2O3S/c1-3-7-15-19(16,17)11-5-6-13-12(8-11)14-9-10(4-2)18-13/h3,5-6,8,10,14-15H,1,4,7,9H2,2H3. The first kappa shape index (κ1) is 13.9. The lowest BCUT2D eigenvalue weighted by molar-refractivity contribution is 0.201. The zero-order valence-corrected chi connectivity index (χ0v) is 11.7. The number of hydrogen-bond donors (Lipinski definition) is 2. The molecule has 1 unspecified atom stereocenters. The maximum absolute atomic E-state index is 12.0. The van der Waals surface area contributed by atoms with Gasteiger partial charge in [-0.05, 0) is 24.6 Å². The van der Waals surface area contributed by atoms with Crippen molar-refractivity contribution in [3.63, 3.8) is 0 Å². The second-order valence-electron chi connectivity index (χ2n) is 4.33. The number of hydrogen-bond acceptors (Lipinski definition) is 4. The van der Waals surface area contributed by atoms with Crippen molar-refractivity contribution in [3.8, 4) is 5.75 Å². The van der Waals surface area contributed by atoms with E-state index in [0.717, 1.165) is 6.42 Å². The van der Waals surface area contributed by atoms with Crippen molar-refractivity contribution < 1.29 is 13.2 Å². The molecule has 0 fully saturated rings. The second-order valence-corrected chi connectivity index (χ2v) is 6.09. The maximum atomic E-state index is 12.0. The van der Waals surface area contributed by atoms with E-state index in [4.69, 9.17) is 4.74 Å². The molecule has 1 heterocycles. The third kappa shape index (κ3) is 3.08. The molecule has 2 rings (SSSR count). The average molecular weight is 282 g/mol. The molecular weight excluding hydrogens is 264 g/mol. The molecule has 0 aliphatic carbocycles. The number of anilines is 1. The number of rotatable bonds is 5. The molecular formula is C13H18N2O3S. The third-order valence-electron chi connectivity index (χ3n) is 2.95. The van der Waals surface area contributed by atoms with Crippen LogP contribution in [0.2, 0.25) is 0 Å². The Morgan fingerprint density at radius 1 is 1.58 bits per heavy atom. The summed E-state index contributed by atoms with van der Waals surface area (Å²) in [7, 11) is -3.49. The number of nitrogens with one attached hydrogen (secondary N) is 2. The molecule has 6 heteroatoms. The van der Waals surface area contributed by atoms with Gasteiger partial charge >= 0.3 is 0 Å². The van der Waals surface area contributed by atoms with Gasteiger partial charge in [0.2, 0.25) is 10.0 Å². The van der Waals surface area contributed by atoms with Gasteiger partial charge in [0, 0.05) is 6.54 Å². The lowest BCUT2D eigenvalue weighted by Gasteiger charge is -2.26. The number of ether oxygens (including phenoxy) is 1. The zero-order chi connectivity index (χ0) is 13.9. The Kier molecular flexibility index (Phi) is 4.11. The zero-order valence-electron chi connectivity index (χ0n) is 10.8. The fourth-order valence-corrected chi connectivity index (χ4v) is 2.87. The number of sulfonamides is 1. The monoisotopic (exact) mass is 282 g/mol. The molecule has 0 bridgehead atoms. The topological polar surface area (TPSA) is 67.4 Å². The van der Waals surface area contributed by atoms with Crippen molar-refractivity contribution in [1.29, 1.82) is 0 Å². The van der Waals surface area contributed by atoms with Crippen LogP contribution in [0.1, 0.15) is 13.3 Å². The Morgan fingerprint density at radius 3 is 3.05 bits per heavy atom. The van der Waals surface area contributed by atoms with Gasteiger partial charge in [0.05, 0.1) is 17.1 Å². The average Bonchev–Trinajstić information content (AvgIpc) is 2.44. The minimum atomic E-state index is -3.49. The summed E-state index contributed by atoms with van der Waals surface area (Å²) in [4.78, 5) is 0.221. The Labute approximate surface area is 113 Å². The van der Waals surface area contributed by atoms with Crippen LogP contribution in [-0.2, 0) is 10.0 Å². The molecule has 1 aliphatic rings. The molecule has 0 aromatic heterocycles. The summed E-state index contributed by atoms with van der Waals surface area (Å²) in [6.07, 6.45) is 2.55. The van der Waals surface area contributed by atoms with E-state index in [0.29, 0.717) is 18.0 Å². The van der Waals surface area contributed by atoms with Gasteiger partial charge in [-0.25, -0.2) is 13.1 Å². The molecule has 5 nitrogen and oxygen atoms in total. The van der Waals surface area contributed by atoms with Crippen LogP contribution in [-0.4, -0.2) is 27.6 Å². The molecule has 1 aromatic carbocycles. The van der Waals surface area contributed by atoms with Gasteiger partial charge in [-0.3, -0.25) is 0 Å². The van der Waals surface area contributed by atoms with E-state index in [-0.39, 0.29) is 17.5 Å². The summed E-state index contributed by atoms with van der Waals surface area (Å²) in [6.45, 7) is 6.43. The highest BCUT2D eigenvalue weighted by molar-refractivity contribution is 7.89. The van der Waals surface area contributed by atoms with E-state index < -0.39 is 10.0 Å². The molecule has 0 spiro atoms. The van der Waals surface area contributed by atoms with Crippen LogP contribution in [0.3, 0.4) is 0 Å². The Morgan fingerprint density at radius 2 is 2.37 bits per heavy atom. The summed E-state index contributed by atoms with van der Waals surface area (Å²) >= 11 is 0. The fraction of sp³-hybridized carbons (Fsp3) is 0.385. The van der Waals surface area contributed by atoms with Gasteiger partial charge in [-0.2, -0.15) is 0 Å². The molecule has 2 N–H and O–H groups in total. The smallest absolute Gasteiger partial charge is 0.240 e.